The quantitative estimate of drug-likeness (QED) is 0.0261. The molecule has 0 fully saturated rings. The highest BCUT2D eigenvalue weighted by Gasteiger charge is 2.19. The summed E-state index contributed by atoms with van der Waals surface area (Å²) in [6.45, 7) is 6.24. The number of unbranched alkanes of at least 4 members (excludes halogenated alkanes) is 10. The molecular formula is C73H110O6. The van der Waals surface area contributed by atoms with E-state index in [1.807, 2.05) is 0 Å². The lowest BCUT2D eigenvalue weighted by Crippen LogP contribution is -2.30. The molecule has 0 spiro atoms. The largest absolute Gasteiger partial charge is 0.462 e. The number of hydrogen-bond donors (Lipinski definition) is 0. The van der Waals surface area contributed by atoms with Crippen molar-refractivity contribution in [3.8, 4) is 0 Å². The van der Waals surface area contributed by atoms with Crippen molar-refractivity contribution in [2.24, 2.45) is 0 Å². The maximum atomic E-state index is 12.8. The van der Waals surface area contributed by atoms with Crippen LogP contribution in [0.1, 0.15) is 226 Å². The van der Waals surface area contributed by atoms with Gasteiger partial charge in [0, 0.05) is 19.3 Å². The van der Waals surface area contributed by atoms with Crippen LogP contribution in [0.15, 0.2) is 194 Å². The molecule has 6 heteroatoms. The predicted molar refractivity (Wildman–Crippen MR) is 343 cm³/mol. The number of hydrogen-bond acceptors (Lipinski definition) is 6. The first-order valence-electron chi connectivity index (χ1n) is 30.9. The third-order valence-electron chi connectivity index (χ3n) is 12.1. The van der Waals surface area contributed by atoms with Gasteiger partial charge < -0.3 is 14.2 Å². The first kappa shape index (κ1) is 73.2. The van der Waals surface area contributed by atoms with Gasteiger partial charge in [-0.15, -0.1) is 0 Å². The van der Waals surface area contributed by atoms with Crippen LogP contribution in [0.5, 0.6) is 0 Å². The Labute approximate surface area is 484 Å². The number of allylic oxidation sites excluding steroid dienone is 32. The van der Waals surface area contributed by atoms with Gasteiger partial charge in [-0.3, -0.25) is 14.4 Å². The SMILES string of the molecule is CC/C=C\C/C=C\C/C=C\C/C=C\C/C=C\C/C=C\C/C=C\C/C=C\CCCCCCC(=O)OCC(COC(=O)CCCCCCC)OC(=O)CCCC/C=C\C/C=C\C/C=C\C/C=C\C/C=C\C/C=C\C/C=C\C/C=C\CC. The van der Waals surface area contributed by atoms with E-state index in [9.17, 15) is 14.4 Å². The molecule has 0 aliphatic heterocycles. The fraction of sp³-hybridized carbons (Fsp3) is 0.521. The Morgan fingerprint density at radius 2 is 0.494 bits per heavy atom. The van der Waals surface area contributed by atoms with Crippen LogP contribution in [0.25, 0.3) is 0 Å². The molecule has 0 aromatic rings. The summed E-state index contributed by atoms with van der Waals surface area (Å²) < 4.78 is 16.7. The molecule has 1 atom stereocenters. The summed E-state index contributed by atoms with van der Waals surface area (Å²) in [6.07, 6.45) is 99.0. The molecule has 0 aliphatic rings. The number of rotatable bonds is 53. The van der Waals surface area contributed by atoms with E-state index in [1.54, 1.807) is 0 Å². The maximum absolute atomic E-state index is 12.8. The van der Waals surface area contributed by atoms with Crippen molar-refractivity contribution in [1.82, 2.24) is 0 Å². The summed E-state index contributed by atoms with van der Waals surface area (Å²) >= 11 is 0. The van der Waals surface area contributed by atoms with Gasteiger partial charge in [-0.05, 0) is 148 Å². The highest BCUT2D eigenvalue weighted by atomic mass is 16.6. The van der Waals surface area contributed by atoms with Crippen LogP contribution in [-0.4, -0.2) is 37.2 Å². The molecule has 0 saturated heterocycles. The lowest BCUT2D eigenvalue weighted by molar-refractivity contribution is -0.167. The van der Waals surface area contributed by atoms with Gasteiger partial charge in [0.05, 0.1) is 0 Å². The van der Waals surface area contributed by atoms with Crippen molar-refractivity contribution in [1.29, 1.82) is 0 Å². The van der Waals surface area contributed by atoms with Crippen molar-refractivity contribution in [2.45, 2.75) is 232 Å². The van der Waals surface area contributed by atoms with Crippen LogP contribution in [0.2, 0.25) is 0 Å². The average molecular weight is 1080 g/mol. The van der Waals surface area contributed by atoms with Crippen molar-refractivity contribution in [3.63, 3.8) is 0 Å². The fourth-order valence-corrected chi connectivity index (χ4v) is 7.53. The van der Waals surface area contributed by atoms with E-state index >= 15 is 0 Å². The van der Waals surface area contributed by atoms with Crippen molar-refractivity contribution >= 4 is 17.9 Å². The highest BCUT2D eigenvalue weighted by molar-refractivity contribution is 5.71. The van der Waals surface area contributed by atoms with E-state index in [4.69, 9.17) is 14.2 Å². The van der Waals surface area contributed by atoms with Crippen LogP contribution >= 0.6 is 0 Å². The molecule has 0 aromatic carbocycles. The van der Waals surface area contributed by atoms with Crippen molar-refractivity contribution < 1.29 is 28.6 Å². The van der Waals surface area contributed by atoms with Crippen LogP contribution in [0.3, 0.4) is 0 Å². The Balaban J connectivity index is 4.28. The van der Waals surface area contributed by atoms with Gasteiger partial charge >= 0.3 is 17.9 Å². The van der Waals surface area contributed by atoms with Crippen molar-refractivity contribution in [3.05, 3.63) is 194 Å². The summed E-state index contributed by atoms with van der Waals surface area (Å²) in [4.78, 5) is 37.9. The molecule has 0 amide bonds. The molecule has 6 nitrogen and oxygen atoms in total. The van der Waals surface area contributed by atoms with Crippen LogP contribution < -0.4 is 0 Å². The molecule has 0 radical (unpaired) electrons. The first-order valence-corrected chi connectivity index (χ1v) is 30.9. The summed E-state index contributed by atoms with van der Waals surface area (Å²) in [5.74, 6) is -1.01. The maximum Gasteiger partial charge on any atom is 0.306 e. The zero-order valence-electron chi connectivity index (χ0n) is 50.0. The van der Waals surface area contributed by atoms with E-state index in [2.05, 4.69) is 215 Å². The second-order valence-electron chi connectivity index (χ2n) is 19.5. The van der Waals surface area contributed by atoms with Gasteiger partial charge in [0.15, 0.2) is 6.10 Å². The topological polar surface area (TPSA) is 78.9 Å². The van der Waals surface area contributed by atoms with E-state index in [0.29, 0.717) is 19.3 Å². The molecule has 79 heavy (non-hydrogen) atoms. The zero-order valence-corrected chi connectivity index (χ0v) is 50.0. The minimum Gasteiger partial charge on any atom is -0.462 e. The second-order valence-corrected chi connectivity index (χ2v) is 19.5. The summed E-state index contributed by atoms with van der Waals surface area (Å²) in [6, 6.07) is 0. The monoisotopic (exact) mass is 1080 g/mol. The molecule has 0 aromatic heterocycles. The molecule has 1 unspecified atom stereocenters. The van der Waals surface area contributed by atoms with E-state index in [0.717, 1.165) is 180 Å². The minimum absolute atomic E-state index is 0.115. The summed E-state index contributed by atoms with van der Waals surface area (Å²) in [5, 5.41) is 0. The standard InChI is InChI=1S/C73H110O6/c1-4-7-10-13-15-17-19-21-23-25-27-29-31-33-35-36-38-39-41-43-45-47-49-51-53-55-57-60-63-66-72(75)78-69-70(68-77-71(74)65-62-59-12-9-6-3)79-73(76)67-64-61-58-56-54-52-50-48-46-44-42-40-37-34-32-30-28-26-24-22-20-18-16-14-11-8-5-2/h7-8,10-11,15-18,21-24,27-30,33-35,37-39,42-45,48-51,54,56,70H,4-6,9,12-14,19-20,25-26,31-32,36,40-41,46-47,52-53,55,57-69H2,1-3H3/b10-7-,11-8-,17-15-,18-16-,23-21-,24-22-,29-27-,30-28-,35-33-,37-34-,39-38-,44-42-,45-43-,50-48-,51-49-,56-54-. The van der Waals surface area contributed by atoms with E-state index in [-0.39, 0.29) is 37.5 Å². The predicted octanol–water partition coefficient (Wildman–Crippen LogP) is 21.4. The van der Waals surface area contributed by atoms with Crippen LogP contribution in [-0.2, 0) is 28.6 Å². The number of ether oxygens (including phenoxy) is 3. The van der Waals surface area contributed by atoms with Gasteiger partial charge in [-0.2, -0.15) is 0 Å². The van der Waals surface area contributed by atoms with E-state index in [1.165, 1.54) is 0 Å². The zero-order chi connectivity index (χ0) is 57.1. The smallest absolute Gasteiger partial charge is 0.306 e. The second kappa shape index (κ2) is 64.8. The molecule has 0 N–H and O–H groups in total. The third kappa shape index (κ3) is 63.0. The van der Waals surface area contributed by atoms with Crippen molar-refractivity contribution in [2.75, 3.05) is 13.2 Å². The lowest BCUT2D eigenvalue weighted by atomic mass is 10.1. The van der Waals surface area contributed by atoms with Gasteiger partial charge in [-0.1, -0.05) is 254 Å². The Hall–Kier alpha value is -5.75. The first-order chi connectivity index (χ1) is 39.0. The van der Waals surface area contributed by atoms with Gasteiger partial charge in [0.1, 0.15) is 13.2 Å². The van der Waals surface area contributed by atoms with Gasteiger partial charge in [0.25, 0.3) is 0 Å². The molecular weight excluding hydrogens is 973 g/mol. The molecule has 0 saturated carbocycles. The Kier molecular flexibility index (Phi) is 60.1. The lowest BCUT2D eigenvalue weighted by Gasteiger charge is -2.18. The molecule has 0 heterocycles. The Morgan fingerprint density at radius 1 is 0.266 bits per heavy atom. The van der Waals surface area contributed by atoms with Gasteiger partial charge in [-0.25, -0.2) is 0 Å². The van der Waals surface area contributed by atoms with Crippen LogP contribution in [0.4, 0.5) is 0 Å². The molecule has 438 valence electrons. The molecule has 0 bridgehead atoms. The number of esters is 3. The fourth-order valence-electron chi connectivity index (χ4n) is 7.53. The van der Waals surface area contributed by atoms with E-state index < -0.39 is 6.10 Å². The average Bonchev–Trinajstić information content (AvgIpc) is 3.45. The third-order valence-corrected chi connectivity index (χ3v) is 12.1. The molecule has 0 rings (SSSR count). The number of carbonyl (C=O) groups excluding carboxylic acids is 3. The van der Waals surface area contributed by atoms with Gasteiger partial charge in [0.2, 0.25) is 0 Å². The number of carbonyl (C=O) groups is 3. The Bertz CT molecular complexity index is 1920. The Morgan fingerprint density at radius 3 is 0.785 bits per heavy atom. The molecule has 0 aliphatic carbocycles. The highest BCUT2D eigenvalue weighted by Crippen LogP contribution is 2.11. The van der Waals surface area contributed by atoms with Crippen LogP contribution in [0, 0.1) is 0 Å². The summed E-state index contributed by atoms with van der Waals surface area (Å²) in [7, 11) is 0. The normalized spacial score (nSPS) is 13.5. The minimum atomic E-state index is -0.821. The summed E-state index contributed by atoms with van der Waals surface area (Å²) in [5.41, 5.74) is 0.